The summed E-state index contributed by atoms with van der Waals surface area (Å²) in [5.74, 6) is 0.428. The summed E-state index contributed by atoms with van der Waals surface area (Å²) in [5.41, 5.74) is 2.22. The standard InChI is InChI=1S/C17H17NO2S/c1-18(20)17(19)12-11-15-9-5-6-10-16(15)21-13-14-7-3-2-4-8-14/h2-12,20H,13H2,1H3. The van der Waals surface area contributed by atoms with E-state index in [1.165, 1.54) is 18.7 Å². The number of carbonyl (C=O) groups is 1. The van der Waals surface area contributed by atoms with E-state index in [9.17, 15) is 4.79 Å². The van der Waals surface area contributed by atoms with Gasteiger partial charge in [0.2, 0.25) is 0 Å². The second kappa shape index (κ2) is 7.67. The molecule has 0 bridgehead atoms. The first-order chi connectivity index (χ1) is 10.2. The third-order valence-corrected chi connectivity index (χ3v) is 4.04. The van der Waals surface area contributed by atoms with E-state index in [0.29, 0.717) is 5.06 Å². The summed E-state index contributed by atoms with van der Waals surface area (Å²) in [6.07, 6.45) is 3.09. The lowest BCUT2D eigenvalue weighted by Crippen LogP contribution is -2.19. The number of hydroxylamine groups is 2. The van der Waals surface area contributed by atoms with Gasteiger partial charge in [0.25, 0.3) is 5.91 Å². The number of nitrogens with zero attached hydrogens (tertiary/aromatic N) is 1. The zero-order valence-electron chi connectivity index (χ0n) is 11.8. The van der Waals surface area contributed by atoms with Crippen molar-refractivity contribution in [1.82, 2.24) is 5.06 Å². The van der Waals surface area contributed by atoms with Crippen LogP contribution in [-0.4, -0.2) is 23.2 Å². The van der Waals surface area contributed by atoms with E-state index in [4.69, 9.17) is 5.21 Å². The number of likely N-dealkylation sites (N-methyl/N-ethyl adjacent to an activating group) is 1. The molecule has 4 heteroatoms. The molecule has 0 heterocycles. The van der Waals surface area contributed by atoms with Crippen LogP contribution >= 0.6 is 11.8 Å². The maximum Gasteiger partial charge on any atom is 0.269 e. The van der Waals surface area contributed by atoms with Gasteiger partial charge in [0.05, 0.1) is 0 Å². The first-order valence-corrected chi connectivity index (χ1v) is 7.56. The van der Waals surface area contributed by atoms with Crippen LogP contribution in [0, 0.1) is 0 Å². The predicted octanol–water partition coefficient (Wildman–Crippen LogP) is 3.84. The molecular formula is C17H17NO2S. The molecule has 2 rings (SSSR count). The maximum atomic E-state index is 11.4. The van der Waals surface area contributed by atoms with Crippen molar-refractivity contribution in [2.45, 2.75) is 10.6 Å². The van der Waals surface area contributed by atoms with Crippen molar-refractivity contribution in [3.8, 4) is 0 Å². The van der Waals surface area contributed by atoms with Gasteiger partial charge in [-0.3, -0.25) is 10.0 Å². The lowest BCUT2D eigenvalue weighted by atomic mass is 10.2. The molecule has 0 spiro atoms. The molecule has 2 aromatic rings. The summed E-state index contributed by atoms with van der Waals surface area (Å²) in [7, 11) is 1.31. The summed E-state index contributed by atoms with van der Waals surface area (Å²) in [5, 5.41) is 9.61. The smallest absolute Gasteiger partial charge is 0.269 e. The van der Waals surface area contributed by atoms with Crippen LogP contribution in [0.25, 0.3) is 6.08 Å². The number of hydrogen-bond donors (Lipinski definition) is 1. The summed E-state index contributed by atoms with van der Waals surface area (Å²) in [6.45, 7) is 0. The molecule has 0 fully saturated rings. The molecule has 21 heavy (non-hydrogen) atoms. The third kappa shape index (κ3) is 4.77. The van der Waals surface area contributed by atoms with Crippen LogP contribution in [0.5, 0.6) is 0 Å². The Balaban J connectivity index is 2.08. The van der Waals surface area contributed by atoms with E-state index in [0.717, 1.165) is 16.2 Å². The molecule has 0 aliphatic rings. The molecule has 0 radical (unpaired) electrons. The molecule has 0 saturated heterocycles. The summed E-state index contributed by atoms with van der Waals surface area (Å²) in [6, 6.07) is 18.1. The maximum absolute atomic E-state index is 11.4. The first kappa shape index (κ1) is 15.4. The molecule has 0 aliphatic heterocycles. The van der Waals surface area contributed by atoms with Gasteiger partial charge in [-0.2, -0.15) is 0 Å². The Hall–Kier alpha value is -2.04. The van der Waals surface area contributed by atoms with Crippen molar-refractivity contribution in [1.29, 1.82) is 0 Å². The van der Waals surface area contributed by atoms with E-state index in [1.54, 1.807) is 17.8 Å². The van der Waals surface area contributed by atoms with E-state index >= 15 is 0 Å². The van der Waals surface area contributed by atoms with Gasteiger partial charge < -0.3 is 0 Å². The van der Waals surface area contributed by atoms with Crippen LogP contribution in [0.1, 0.15) is 11.1 Å². The normalized spacial score (nSPS) is 10.8. The first-order valence-electron chi connectivity index (χ1n) is 6.57. The van der Waals surface area contributed by atoms with Crippen molar-refractivity contribution in [2.75, 3.05) is 7.05 Å². The molecule has 0 atom stereocenters. The Morgan fingerprint density at radius 1 is 1.14 bits per heavy atom. The third-order valence-electron chi connectivity index (χ3n) is 2.88. The minimum Gasteiger partial charge on any atom is -0.286 e. The van der Waals surface area contributed by atoms with Crippen molar-refractivity contribution < 1.29 is 10.0 Å². The Kier molecular flexibility index (Phi) is 5.60. The van der Waals surface area contributed by atoms with Gasteiger partial charge in [-0.15, -0.1) is 11.8 Å². The zero-order chi connectivity index (χ0) is 15.1. The Morgan fingerprint density at radius 3 is 2.52 bits per heavy atom. The fourth-order valence-corrected chi connectivity index (χ4v) is 2.75. The minimum absolute atomic E-state index is 0.446. The predicted molar refractivity (Wildman–Crippen MR) is 86.0 cm³/mol. The van der Waals surface area contributed by atoms with Crippen LogP contribution < -0.4 is 0 Å². The highest BCUT2D eigenvalue weighted by atomic mass is 32.2. The van der Waals surface area contributed by atoms with Gasteiger partial charge in [-0.05, 0) is 23.3 Å². The van der Waals surface area contributed by atoms with Crippen LogP contribution in [0.4, 0.5) is 0 Å². The summed E-state index contributed by atoms with van der Waals surface area (Å²) >= 11 is 1.72. The fourth-order valence-electron chi connectivity index (χ4n) is 1.75. The SMILES string of the molecule is CN(O)C(=O)C=Cc1ccccc1SCc1ccccc1. The van der Waals surface area contributed by atoms with Crippen molar-refractivity contribution in [3.63, 3.8) is 0 Å². The van der Waals surface area contributed by atoms with Gasteiger partial charge in [0.1, 0.15) is 0 Å². The molecule has 0 saturated carbocycles. The van der Waals surface area contributed by atoms with Crippen molar-refractivity contribution >= 4 is 23.7 Å². The van der Waals surface area contributed by atoms with Crippen molar-refractivity contribution in [2.24, 2.45) is 0 Å². The van der Waals surface area contributed by atoms with Crippen LogP contribution in [0.15, 0.2) is 65.6 Å². The molecule has 3 nitrogen and oxygen atoms in total. The van der Waals surface area contributed by atoms with Gasteiger partial charge in [-0.1, -0.05) is 48.5 Å². The van der Waals surface area contributed by atoms with Gasteiger partial charge >= 0.3 is 0 Å². The highest BCUT2D eigenvalue weighted by molar-refractivity contribution is 7.98. The molecule has 108 valence electrons. The Bertz CT molecular complexity index is 624. The van der Waals surface area contributed by atoms with Crippen LogP contribution in [0.3, 0.4) is 0 Å². The monoisotopic (exact) mass is 299 g/mol. The highest BCUT2D eigenvalue weighted by Gasteiger charge is 2.03. The quantitative estimate of drug-likeness (QED) is 0.395. The largest absolute Gasteiger partial charge is 0.286 e. The second-order valence-electron chi connectivity index (χ2n) is 4.51. The van der Waals surface area contributed by atoms with Gasteiger partial charge in [0, 0.05) is 23.8 Å². The molecule has 0 unspecified atom stereocenters. The van der Waals surface area contributed by atoms with Crippen molar-refractivity contribution in [3.05, 3.63) is 71.8 Å². The molecule has 0 aromatic heterocycles. The lowest BCUT2D eigenvalue weighted by molar-refractivity contribution is -0.153. The molecule has 1 amide bonds. The van der Waals surface area contributed by atoms with E-state index in [1.807, 2.05) is 42.5 Å². The Labute approximate surface area is 128 Å². The van der Waals surface area contributed by atoms with Crippen LogP contribution in [0.2, 0.25) is 0 Å². The van der Waals surface area contributed by atoms with E-state index < -0.39 is 5.91 Å². The van der Waals surface area contributed by atoms with E-state index in [-0.39, 0.29) is 0 Å². The molecular weight excluding hydrogens is 282 g/mol. The second-order valence-corrected chi connectivity index (χ2v) is 5.52. The topological polar surface area (TPSA) is 40.5 Å². The number of thioether (sulfide) groups is 1. The van der Waals surface area contributed by atoms with Gasteiger partial charge in [-0.25, -0.2) is 5.06 Å². The average Bonchev–Trinajstić information content (AvgIpc) is 2.52. The zero-order valence-corrected chi connectivity index (χ0v) is 12.6. The number of benzene rings is 2. The number of rotatable bonds is 5. The number of amides is 1. The molecule has 0 aliphatic carbocycles. The number of hydrogen-bond acceptors (Lipinski definition) is 3. The minimum atomic E-state index is -0.446. The summed E-state index contributed by atoms with van der Waals surface area (Å²) < 4.78 is 0. The fraction of sp³-hybridized carbons (Fsp3) is 0.118. The molecule has 1 N–H and O–H groups in total. The molecule has 2 aromatic carbocycles. The highest BCUT2D eigenvalue weighted by Crippen LogP contribution is 2.27. The van der Waals surface area contributed by atoms with Gasteiger partial charge in [0.15, 0.2) is 0 Å². The Morgan fingerprint density at radius 2 is 1.81 bits per heavy atom. The van der Waals surface area contributed by atoms with Crippen LogP contribution in [-0.2, 0) is 10.5 Å². The average molecular weight is 299 g/mol. The number of carbonyl (C=O) groups excluding carboxylic acids is 1. The summed E-state index contributed by atoms with van der Waals surface area (Å²) in [4.78, 5) is 12.5. The lowest BCUT2D eigenvalue weighted by Gasteiger charge is -2.07. The van der Waals surface area contributed by atoms with E-state index in [2.05, 4.69) is 12.1 Å².